The Kier molecular flexibility index (Phi) is 11.1. The first-order valence-electron chi connectivity index (χ1n) is 11.0. The maximum absolute atomic E-state index is 5.87. The van der Waals surface area contributed by atoms with Crippen LogP contribution in [-0.4, -0.2) is 21.3 Å². The van der Waals surface area contributed by atoms with Crippen molar-refractivity contribution in [3.63, 3.8) is 0 Å². The van der Waals surface area contributed by atoms with Crippen molar-refractivity contribution in [3.05, 3.63) is 89.3 Å². The highest BCUT2D eigenvalue weighted by atomic mass is 16.6. The third-order valence-corrected chi connectivity index (χ3v) is 4.85. The van der Waals surface area contributed by atoms with Gasteiger partial charge in [0, 0.05) is 18.2 Å². The fourth-order valence-electron chi connectivity index (χ4n) is 3.12. The Labute approximate surface area is 204 Å². The Bertz CT molecular complexity index is 1040. The van der Waals surface area contributed by atoms with Crippen molar-refractivity contribution in [1.29, 1.82) is 0 Å². The van der Waals surface area contributed by atoms with Crippen LogP contribution >= 0.6 is 0 Å². The summed E-state index contributed by atoms with van der Waals surface area (Å²) in [5.74, 6) is 3.18. The zero-order valence-electron chi connectivity index (χ0n) is 21.9. The highest BCUT2D eigenvalue weighted by Crippen LogP contribution is 2.34. The van der Waals surface area contributed by atoms with Crippen molar-refractivity contribution < 1.29 is 23.4 Å². The van der Waals surface area contributed by atoms with E-state index in [0.717, 1.165) is 17.1 Å². The van der Waals surface area contributed by atoms with Gasteiger partial charge in [0.15, 0.2) is 5.76 Å². The van der Waals surface area contributed by atoms with E-state index in [-0.39, 0.29) is 5.41 Å². The fourth-order valence-corrected chi connectivity index (χ4v) is 3.12. The molecule has 0 fully saturated rings. The number of hydrogen-bond acceptors (Lipinski definition) is 6. The second-order valence-corrected chi connectivity index (χ2v) is 8.61. The number of allylic oxidation sites excluding steroid dienone is 3. The normalized spacial score (nSPS) is 12.1. The van der Waals surface area contributed by atoms with Gasteiger partial charge in [0.25, 0.3) is 5.95 Å². The monoisotopic (exact) mass is 469 g/mol. The minimum absolute atomic E-state index is 0.0652. The van der Waals surface area contributed by atoms with E-state index in [9.17, 15) is 0 Å². The van der Waals surface area contributed by atoms with Gasteiger partial charge in [-0.15, -0.1) is 0 Å². The molecule has 0 radical (unpaired) electrons. The molecule has 2 aromatic rings. The molecule has 2 rings (SSSR count). The molecule has 6 heteroatoms. The third kappa shape index (κ3) is 8.77. The van der Waals surface area contributed by atoms with Gasteiger partial charge in [-0.25, -0.2) is 0 Å². The minimum Gasteiger partial charge on any atom is -0.504 e. The van der Waals surface area contributed by atoms with Crippen LogP contribution < -0.4 is 10.5 Å². The van der Waals surface area contributed by atoms with Crippen molar-refractivity contribution in [2.75, 3.05) is 21.3 Å². The number of aryl methyl sites for hydroxylation is 2. The molecule has 1 aromatic heterocycles. The molecule has 186 valence electrons. The maximum Gasteiger partial charge on any atom is 0.290 e. The number of methoxy groups -OCH3 is 3. The van der Waals surface area contributed by atoms with Crippen LogP contribution in [0.5, 0.6) is 11.7 Å². The molecule has 1 heterocycles. The molecular weight excluding hydrogens is 430 g/mol. The smallest absolute Gasteiger partial charge is 0.290 e. The number of ether oxygens (including phenoxy) is 4. The van der Waals surface area contributed by atoms with E-state index in [2.05, 4.69) is 46.4 Å². The highest BCUT2D eigenvalue weighted by Gasteiger charge is 2.19. The molecule has 0 saturated carbocycles. The lowest BCUT2D eigenvalue weighted by molar-refractivity contribution is 0.281. The third-order valence-electron chi connectivity index (χ3n) is 4.85. The van der Waals surface area contributed by atoms with Gasteiger partial charge in [0.2, 0.25) is 0 Å². The molecule has 0 aliphatic rings. The van der Waals surface area contributed by atoms with Gasteiger partial charge < -0.3 is 29.1 Å². The number of benzene rings is 1. The molecule has 0 saturated heterocycles. The molecule has 0 atom stereocenters. The average molecular weight is 470 g/mol. The van der Waals surface area contributed by atoms with E-state index in [1.54, 1.807) is 45.6 Å². The van der Waals surface area contributed by atoms with Crippen LogP contribution in [0.4, 0.5) is 0 Å². The van der Waals surface area contributed by atoms with Gasteiger partial charge in [-0.1, -0.05) is 33.4 Å². The van der Waals surface area contributed by atoms with E-state index in [1.165, 1.54) is 17.4 Å². The topological polar surface area (TPSA) is 76.1 Å². The molecule has 0 amide bonds. The molecule has 0 spiro atoms. The van der Waals surface area contributed by atoms with E-state index in [0.29, 0.717) is 23.2 Å². The van der Waals surface area contributed by atoms with E-state index in [4.69, 9.17) is 29.1 Å². The van der Waals surface area contributed by atoms with Gasteiger partial charge in [-0.05, 0) is 61.1 Å². The molecular formula is C28H39NO5. The molecule has 0 aliphatic heterocycles. The van der Waals surface area contributed by atoms with Crippen molar-refractivity contribution >= 4 is 5.70 Å². The van der Waals surface area contributed by atoms with Crippen LogP contribution in [0.15, 0.2) is 71.3 Å². The van der Waals surface area contributed by atoms with Gasteiger partial charge in [0.1, 0.15) is 17.3 Å². The molecule has 2 N–H and O–H groups in total. The first kappa shape index (κ1) is 28.5. The second kappa shape index (κ2) is 13.2. The number of hydrogen-bond donors (Lipinski definition) is 1. The molecule has 34 heavy (non-hydrogen) atoms. The molecule has 0 bridgehead atoms. The quantitative estimate of drug-likeness (QED) is 0.327. The summed E-state index contributed by atoms with van der Waals surface area (Å²) in [6, 6.07) is 7.74. The predicted octanol–water partition coefficient (Wildman–Crippen LogP) is 7.14. The van der Waals surface area contributed by atoms with Crippen LogP contribution in [0.3, 0.4) is 0 Å². The zero-order chi connectivity index (χ0) is 25.9. The van der Waals surface area contributed by atoms with Crippen molar-refractivity contribution in [1.82, 2.24) is 0 Å². The molecule has 1 aromatic carbocycles. The summed E-state index contributed by atoms with van der Waals surface area (Å²) in [6.45, 7) is 16.3. The van der Waals surface area contributed by atoms with Crippen LogP contribution in [0.25, 0.3) is 5.70 Å². The predicted molar refractivity (Wildman–Crippen MR) is 139 cm³/mol. The van der Waals surface area contributed by atoms with E-state index >= 15 is 0 Å². The van der Waals surface area contributed by atoms with Crippen LogP contribution in [0.2, 0.25) is 0 Å². The summed E-state index contributed by atoms with van der Waals surface area (Å²) in [6.07, 6.45) is 6.87. The Hall–Kier alpha value is -3.54. The van der Waals surface area contributed by atoms with Crippen molar-refractivity contribution in [3.8, 4) is 11.7 Å². The average Bonchev–Trinajstić information content (AvgIpc) is 3.24. The zero-order valence-corrected chi connectivity index (χ0v) is 21.9. The van der Waals surface area contributed by atoms with Gasteiger partial charge in [-0.2, -0.15) is 0 Å². The minimum atomic E-state index is 0.0652. The largest absolute Gasteiger partial charge is 0.504 e. The van der Waals surface area contributed by atoms with E-state index < -0.39 is 0 Å². The number of nitrogens with two attached hydrogens (primary N) is 1. The molecule has 0 aliphatic carbocycles. The fraction of sp³-hybridized carbons (Fsp3) is 0.357. The Morgan fingerprint density at radius 2 is 1.65 bits per heavy atom. The highest BCUT2D eigenvalue weighted by molar-refractivity contribution is 5.55. The first-order valence-corrected chi connectivity index (χ1v) is 11.0. The van der Waals surface area contributed by atoms with Crippen LogP contribution in [0, 0.1) is 13.8 Å². The number of rotatable bonds is 8. The lowest BCUT2D eigenvalue weighted by Gasteiger charge is -2.23. The Morgan fingerprint density at radius 1 is 1.00 bits per heavy atom. The summed E-state index contributed by atoms with van der Waals surface area (Å²) >= 11 is 0. The Balaban J connectivity index is 0.000000385. The first-order chi connectivity index (χ1) is 16.0. The second-order valence-electron chi connectivity index (χ2n) is 8.61. The van der Waals surface area contributed by atoms with Crippen LogP contribution in [-0.2, 0) is 19.6 Å². The van der Waals surface area contributed by atoms with Crippen LogP contribution in [0.1, 0.15) is 50.1 Å². The molecule has 0 unspecified atom stereocenters. The Morgan fingerprint density at radius 3 is 2.12 bits per heavy atom. The van der Waals surface area contributed by atoms with Crippen molar-refractivity contribution in [2.45, 2.75) is 47.0 Å². The summed E-state index contributed by atoms with van der Waals surface area (Å²) in [5.41, 5.74) is 9.67. The molecule has 6 nitrogen and oxygen atoms in total. The maximum atomic E-state index is 5.87. The number of furan rings is 1. The summed E-state index contributed by atoms with van der Waals surface area (Å²) in [7, 11) is 4.78. The van der Waals surface area contributed by atoms with Gasteiger partial charge in [-0.3, -0.25) is 0 Å². The standard InChI is InChI=1S/C18H23NO2.C10H16O3/c1-11-9-12(2)16(10-14(11)18(4,5)6)21-17-8-7-15(20-17)13(3)19;1-5-9(12-3)8-10(13-4)6-7-11-2/h7-10H,3,19H2,1-2,4-6H3;5-8H,1-4H3/b;7-6+,9-5+,10-8+. The van der Waals surface area contributed by atoms with Gasteiger partial charge in [0.05, 0.1) is 33.3 Å². The van der Waals surface area contributed by atoms with Gasteiger partial charge >= 0.3 is 0 Å². The lowest BCUT2D eigenvalue weighted by Crippen LogP contribution is -2.13. The summed E-state index contributed by atoms with van der Waals surface area (Å²) < 4.78 is 26.2. The SMILES string of the molecule is C=C(N)c1ccc(Oc2cc(C(C)(C)C)c(C)cc2C)o1.C\C=C(/C=C(\C=C\OC)OC)OC. The van der Waals surface area contributed by atoms with Crippen molar-refractivity contribution in [2.24, 2.45) is 5.73 Å². The lowest BCUT2D eigenvalue weighted by atomic mass is 9.83. The summed E-state index contributed by atoms with van der Waals surface area (Å²) in [4.78, 5) is 0. The summed E-state index contributed by atoms with van der Waals surface area (Å²) in [5, 5.41) is 0. The van der Waals surface area contributed by atoms with E-state index in [1.807, 2.05) is 19.9 Å².